The van der Waals surface area contributed by atoms with E-state index in [-0.39, 0.29) is 17.3 Å². The molecule has 4 nitrogen and oxygen atoms in total. The first kappa shape index (κ1) is 19.7. The van der Waals surface area contributed by atoms with Crippen LogP contribution in [0.2, 0.25) is 10.0 Å². The predicted molar refractivity (Wildman–Crippen MR) is 121 cm³/mol. The normalized spacial score (nSPS) is 11.5. The number of hydrogen-bond donors (Lipinski definition) is 2. The molecule has 6 heteroatoms. The maximum atomic E-state index is 13.3. The number of aromatic amines is 2. The third-order valence-electron chi connectivity index (χ3n) is 5.61. The maximum Gasteiger partial charge on any atom is 0.194 e. The molecule has 0 bridgehead atoms. The molecule has 4 rings (SSSR count). The number of pyridine rings is 2. The van der Waals surface area contributed by atoms with Gasteiger partial charge in [0.1, 0.15) is 0 Å². The fraction of sp³-hybridized carbons (Fsp3) is 0.217. The SMILES string of the molecule is Cc1[nH]c2c(C)ccc(Cl)c2c(=O)c1Cc1c(C)[nH]c2c(C)ccc(Cl)c2c1=O. The van der Waals surface area contributed by atoms with Crippen molar-refractivity contribution in [1.29, 1.82) is 0 Å². The van der Waals surface area contributed by atoms with Gasteiger partial charge >= 0.3 is 0 Å². The minimum atomic E-state index is -0.154. The van der Waals surface area contributed by atoms with E-state index in [1.165, 1.54) is 0 Å². The monoisotopic (exact) mass is 426 g/mol. The lowest BCUT2D eigenvalue weighted by molar-refractivity contribution is 1.03. The van der Waals surface area contributed by atoms with Gasteiger partial charge in [-0.1, -0.05) is 35.3 Å². The largest absolute Gasteiger partial charge is 0.358 e. The molecule has 29 heavy (non-hydrogen) atoms. The molecule has 0 atom stereocenters. The van der Waals surface area contributed by atoms with Crippen molar-refractivity contribution in [3.63, 3.8) is 0 Å². The van der Waals surface area contributed by atoms with Crippen LogP contribution in [0.5, 0.6) is 0 Å². The van der Waals surface area contributed by atoms with E-state index in [0.29, 0.717) is 31.9 Å². The molecule has 0 aliphatic carbocycles. The van der Waals surface area contributed by atoms with Crippen LogP contribution in [0.15, 0.2) is 33.9 Å². The fourth-order valence-corrected chi connectivity index (χ4v) is 4.39. The fourth-order valence-electron chi connectivity index (χ4n) is 3.90. The Bertz CT molecular complexity index is 1320. The van der Waals surface area contributed by atoms with Crippen molar-refractivity contribution in [3.8, 4) is 0 Å². The summed E-state index contributed by atoms with van der Waals surface area (Å²) in [5.74, 6) is 0. The van der Waals surface area contributed by atoms with Crippen molar-refractivity contribution < 1.29 is 0 Å². The summed E-state index contributed by atoms with van der Waals surface area (Å²) in [4.78, 5) is 33.2. The average Bonchev–Trinajstić information content (AvgIpc) is 2.66. The third kappa shape index (κ3) is 3.07. The van der Waals surface area contributed by atoms with Crippen LogP contribution in [-0.2, 0) is 6.42 Å². The topological polar surface area (TPSA) is 65.7 Å². The Kier molecular flexibility index (Phi) is 4.80. The van der Waals surface area contributed by atoms with Crippen molar-refractivity contribution in [1.82, 2.24) is 9.97 Å². The highest BCUT2D eigenvalue weighted by atomic mass is 35.5. The first-order chi connectivity index (χ1) is 13.7. The Labute approximate surface area is 177 Å². The summed E-state index contributed by atoms with van der Waals surface area (Å²) in [6, 6.07) is 7.21. The molecule has 0 amide bonds. The van der Waals surface area contributed by atoms with E-state index < -0.39 is 0 Å². The summed E-state index contributed by atoms with van der Waals surface area (Å²) in [6.45, 7) is 7.54. The molecular weight excluding hydrogens is 407 g/mol. The van der Waals surface area contributed by atoms with Crippen LogP contribution >= 0.6 is 23.2 Å². The second-order valence-electron chi connectivity index (χ2n) is 7.52. The lowest BCUT2D eigenvalue weighted by Crippen LogP contribution is -2.20. The molecule has 0 spiro atoms. The summed E-state index contributed by atoms with van der Waals surface area (Å²) in [6.07, 6.45) is 0.197. The lowest BCUT2D eigenvalue weighted by Gasteiger charge is -2.14. The van der Waals surface area contributed by atoms with E-state index in [4.69, 9.17) is 23.2 Å². The zero-order chi connectivity index (χ0) is 21.0. The molecule has 2 aromatic carbocycles. The zero-order valence-electron chi connectivity index (χ0n) is 16.6. The molecule has 0 unspecified atom stereocenters. The van der Waals surface area contributed by atoms with E-state index in [2.05, 4.69) is 9.97 Å². The van der Waals surface area contributed by atoms with Gasteiger partial charge in [0.2, 0.25) is 0 Å². The average molecular weight is 427 g/mol. The van der Waals surface area contributed by atoms with Gasteiger partial charge in [0.25, 0.3) is 0 Å². The van der Waals surface area contributed by atoms with Gasteiger partial charge in [-0.3, -0.25) is 9.59 Å². The van der Waals surface area contributed by atoms with Crippen LogP contribution in [0, 0.1) is 27.7 Å². The van der Waals surface area contributed by atoms with E-state index in [0.717, 1.165) is 33.5 Å². The second-order valence-corrected chi connectivity index (χ2v) is 8.34. The van der Waals surface area contributed by atoms with Crippen LogP contribution in [0.25, 0.3) is 21.8 Å². The molecule has 2 aromatic heterocycles. The number of nitrogens with one attached hydrogen (secondary N) is 2. The zero-order valence-corrected chi connectivity index (χ0v) is 18.1. The summed E-state index contributed by atoms with van der Waals surface area (Å²) >= 11 is 12.7. The van der Waals surface area contributed by atoms with Gasteiger partial charge in [0.05, 0.1) is 31.9 Å². The van der Waals surface area contributed by atoms with Crippen LogP contribution in [0.1, 0.15) is 33.6 Å². The van der Waals surface area contributed by atoms with E-state index in [1.807, 2.05) is 39.8 Å². The maximum absolute atomic E-state index is 13.3. The molecule has 0 radical (unpaired) electrons. The number of fused-ring (bicyclic) bond motifs is 2. The summed E-state index contributed by atoms with van der Waals surface area (Å²) in [5.41, 5.74) is 5.54. The predicted octanol–water partition coefficient (Wildman–Crippen LogP) is 5.50. The molecule has 0 fully saturated rings. The molecule has 0 aliphatic heterocycles. The second kappa shape index (κ2) is 7.05. The van der Waals surface area contributed by atoms with Gasteiger partial charge in [-0.15, -0.1) is 0 Å². The third-order valence-corrected chi connectivity index (χ3v) is 6.24. The van der Waals surface area contributed by atoms with Crippen molar-refractivity contribution in [2.24, 2.45) is 0 Å². The molecule has 2 heterocycles. The van der Waals surface area contributed by atoms with E-state index in [9.17, 15) is 9.59 Å². The van der Waals surface area contributed by atoms with Crippen molar-refractivity contribution in [2.75, 3.05) is 0 Å². The van der Waals surface area contributed by atoms with Crippen molar-refractivity contribution in [3.05, 3.63) is 88.4 Å². The van der Waals surface area contributed by atoms with Crippen LogP contribution in [0.3, 0.4) is 0 Å². The number of benzene rings is 2. The Hall–Kier alpha value is -2.56. The smallest absolute Gasteiger partial charge is 0.194 e. The molecular formula is C23H20Cl2N2O2. The standard InChI is InChI=1S/C23H20Cl2N2O2/c1-10-5-7-16(24)18-20(10)26-12(3)14(22(18)28)9-15-13(4)27-21-11(2)6-8-17(25)19(21)23(15)29/h5-8H,9H2,1-4H3,(H,26,28)(H,27,29). The molecule has 0 saturated heterocycles. The Morgan fingerprint density at radius 1 is 0.690 bits per heavy atom. The number of H-pyrrole nitrogens is 2. The first-order valence-electron chi connectivity index (χ1n) is 9.31. The van der Waals surface area contributed by atoms with Gasteiger partial charge in [0.15, 0.2) is 10.9 Å². The number of aryl methyl sites for hydroxylation is 4. The van der Waals surface area contributed by atoms with Gasteiger partial charge in [0, 0.05) is 28.9 Å². The molecule has 0 aliphatic rings. The number of rotatable bonds is 2. The van der Waals surface area contributed by atoms with Crippen LogP contribution in [-0.4, -0.2) is 9.97 Å². The van der Waals surface area contributed by atoms with Gasteiger partial charge in [-0.2, -0.15) is 0 Å². The quantitative estimate of drug-likeness (QED) is 0.444. The van der Waals surface area contributed by atoms with Crippen molar-refractivity contribution >= 4 is 45.0 Å². The van der Waals surface area contributed by atoms with Gasteiger partial charge in [-0.05, 0) is 51.0 Å². The summed E-state index contributed by atoms with van der Waals surface area (Å²) in [5, 5.41) is 1.71. The van der Waals surface area contributed by atoms with E-state index in [1.54, 1.807) is 12.1 Å². The Morgan fingerprint density at radius 2 is 1.07 bits per heavy atom. The Morgan fingerprint density at radius 3 is 1.45 bits per heavy atom. The van der Waals surface area contributed by atoms with Crippen molar-refractivity contribution in [2.45, 2.75) is 34.1 Å². The molecule has 4 aromatic rings. The number of aromatic nitrogens is 2. The number of halogens is 2. The summed E-state index contributed by atoms with van der Waals surface area (Å²) < 4.78 is 0. The first-order valence-corrected chi connectivity index (χ1v) is 10.1. The highest BCUT2D eigenvalue weighted by molar-refractivity contribution is 6.35. The van der Waals surface area contributed by atoms with E-state index >= 15 is 0 Å². The minimum Gasteiger partial charge on any atom is -0.358 e. The highest BCUT2D eigenvalue weighted by Crippen LogP contribution is 2.26. The van der Waals surface area contributed by atoms with Gasteiger partial charge < -0.3 is 9.97 Å². The number of hydrogen-bond acceptors (Lipinski definition) is 2. The van der Waals surface area contributed by atoms with Crippen LogP contribution in [0.4, 0.5) is 0 Å². The highest BCUT2D eigenvalue weighted by Gasteiger charge is 2.18. The van der Waals surface area contributed by atoms with Gasteiger partial charge in [-0.25, -0.2) is 0 Å². The molecule has 0 saturated carbocycles. The minimum absolute atomic E-state index is 0.154. The van der Waals surface area contributed by atoms with Crippen LogP contribution < -0.4 is 10.9 Å². The summed E-state index contributed by atoms with van der Waals surface area (Å²) in [7, 11) is 0. The molecule has 2 N–H and O–H groups in total. The molecule has 148 valence electrons. The lowest BCUT2D eigenvalue weighted by atomic mass is 9.97. The Balaban J connectivity index is 2.01.